The van der Waals surface area contributed by atoms with Crippen molar-refractivity contribution >= 4 is 5.91 Å². The Hall–Kier alpha value is -2.43. The van der Waals surface area contributed by atoms with Crippen molar-refractivity contribution in [1.82, 2.24) is 14.9 Å². The Morgan fingerprint density at radius 1 is 1.28 bits per heavy atom. The van der Waals surface area contributed by atoms with Crippen LogP contribution in [0, 0.1) is 0 Å². The quantitative estimate of drug-likeness (QED) is 0.886. The predicted octanol–water partition coefficient (Wildman–Crippen LogP) is 1.45. The molecule has 1 amide bonds. The van der Waals surface area contributed by atoms with Crippen molar-refractivity contribution in [2.24, 2.45) is 0 Å². The highest BCUT2D eigenvalue weighted by Gasteiger charge is 2.12. The van der Waals surface area contributed by atoms with Crippen LogP contribution < -0.4 is 0 Å². The summed E-state index contributed by atoms with van der Waals surface area (Å²) in [6.45, 7) is 0.483. The maximum absolute atomic E-state index is 12.1. The van der Waals surface area contributed by atoms with Crippen molar-refractivity contribution < 1.29 is 9.90 Å². The number of aromatic hydroxyl groups is 1. The zero-order valence-corrected chi connectivity index (χ0v) is 9.95. The molecule has 0 aromatic carbocycles. The average molecular weight is 243 g/mol. The van der Waals surface area contributed by atoms with Crippen LogP contribution in [0.25, 0.3) is 0 Å². The van der Waals surface area contributed by atoms with Gasteiger partial charge < -0.3 is 10.0 Å². The van der Waals surface area contributed by atoms with Gasteiger partial charge in [-0.25, -0.2) is 0 Å². The number of carbonyl (C=O) groups excluding carboxylic acids is 1. The second kappa shape index (κ2) is 5.27. The lowest BCUT2D eigenvalue weighted by molar-refractivity contribution is 0.0784. The summed E-state index contributed by atoms with van der Waals surface area (Å²) in [6.07, 6.45) is 6.10. The maximum atomic E-state index is 12.1. The molecule has 0 unspecified atom stereocenters. The van der Waals surface area contributed by atoms with Gasteiger partial charge in [-0.15, -0.1) is 0 Å². The van der Waals surface area contributed by atoms with Gasteiger partial charge >= 0.3 is 0 Å². The van der Waals surface area contributed by atoms with Gasteiger partial charge in [-0.05, 0) is 23.8 Å². The van der Waals surface area contributed by atoms with Crippen molar-refractivity contribution in [3.05, 3.63) is 54.1 Å². The van der Waals surface area contributed by atoms with E-state index in [2.05, 4.69) is 9.97 Å². The van der Waals surface area contributed by atoms with E-state index < -0.39 is 0 Å². The number of aromatic nitrogens is 2. The summed E-state index contributed by atoms with van der Waals surface area (Å²) in [5, 5.41) is 9.29. The number of hydrogen-bond acceptors (Lipinski definition) is 4. The molecule has 0 saturated carbocycles. The van der Waals surface area contributed by atoms with E-state index in [1.807, 2.05) is 12.1 Å². The molecule has 5 heteroatoms. The van der Waals surface area contributed by atoms with Crippen LogP contribution in [0.4, 0.5) is 0 Å². The van der Waals surface area contributed by atoms with E-state index in [4.69, 9.17) is 0 Å². The van der Waals surface area contributed by atoms with Crippen LogP contribution in [0.1, 0.15) is 15.9 Å². The normalized spacial score (nSPS) is 10.1. The van der Waals surface area contributed by atoms with Crippen molar-refractivity contribution in [3.8, 4) is 5.75 Å². The highest BCUT2D eigenvalue weighted by molar-refractivity contribution is 5.94. The third-order valence-electron chi connectivity index (χ3n) is 2.49. The van der Waals surface area contributed by atoms with Crippen LogP contribution in [-0.4, -0.2) is 32.9 Å². The minimum absolute atomic E-state index is 0.0156. The smallest absolute Gasteiger partial charge is 0.255 e. The summed E-state index contributed by atoms with van der Waals surface area (Å²) in [5.41, 5.74) is 1.36. The summed E-state index contributed by atoms with van der Waals surface area (Å²) in [7, 11) is 1.70. The molecule has 0 fully saturated rings. The lowest BCUT2D eigenvalue weighted by Gasteiger charge is -2.17. The minimum atomic E-state index is -0.185. The van der Waals surface area contributed by atoms with Crippen molar-refractivity contribution in [3.63, 3.8) is 0 Å². The van der Waals surface area contributed by atoms with E-state index in [-0.39, 0.29) is 11.7 Å². The Labute approximate surface area is 105 Å². The monoisotopic (exact) mass is 243 g/mol. The van der Waals surface area contributed by atoms with Crippen LogP contribution in [0.5, 0.6) is 5.75 Å². The standard InChI is InChI=1S/C13H13N3O2/c1-16(9-10-2-4-14-5-3-10)13(18)11-6-12(17)8-15-7-11/h2-8,17H,9H2,1H3. The predicted molar refractivity (Wildman–Crippen MR) is 65.9 cm³/mol. The second-order valence-corrected chi connectivity index (χ2v) is 3.95. The lowest BCUT2D eigenvalue weighted by Crippen LogP contribution is -2.26. The number of hydrogen-bond donors (Lipinski definition) is 1. The average Bonchev–Trinajstić information content (AvgIpc) is 2.39. The van der Waals surface area contributed by atoms with Crippen molar-refractivity contribution in [1.29, 1.82) is 0 Å². The zero-order chi connectivity index (χ0) is 13.0. The van der Waals surface area contributed by atoms with Gasteiger partial charge in [-0.1, -0.05) is 0 Å². The Bertz CT molecular complexity index is 543. The molecular formula is C13H13N3O2. The van der Waals surface area contributed by atoms with Gasteiger partial charge in [0.2, 0.25) is 0 Å². The molecule has 92 valence electrons. The van der Waals surface area contributed by atoms with Crippen LogP contribution in [-0.2, 0) is 6.54 Å². The first-order valence-corrected chi connectivity index (χ1v) is 5.45. The fourth-order valence-corrected chi connectivity index (χ4v) is 1.60. The van der Waals surface area contributed by atoms with Gasteiger partial charge in [0.05, 0.1) is 11.8 Å². The highest BCUT2D eigenvalue weighted by atomic mass is 16.3. The van der Waals surface area contributed by atoms with E-state index in [0.717, 1.165) is 5.56 Å². The third-order valence-corrected chi connectivity index (χ3v) is 2.49. The van der Waals surface area contributed by atoms with Crippen LogP contribution in [0.15, 0.2) is 43.0 Å². The number of carbonyl (C=O) groups is 1. The molecule has 0 spiro atoms. The fourth-order valence-electron chi connectivity index (χ4n) is 1.60. The first-order chi connectivity index (χ1) is 8.66. The molecule has 0 aliphatic carbocycles. The molecule has 0 bridgehead atoms. The summed E-state index contributed by atoms with van der Waals surface area (Å²) >= 11 is 0. The number of pyridine rings is 2. The largest absolute Gasteiger partial charge is 0.506 e. The van der Waals surface area contributed by atoms with Crippen LogP contribution >= 0.6 is 0 Å². The van der Waals surface area contributed by atoms with Gasteiger partial charge in [0.15, 0.2) is 0 Å². The van der Waals surface area contributed by atoms with Gasteiger partial charge in [-0.3, -0.25) is 14.8 Å². The van der Waals surface area contributed by atoms with Crippen molar-refractivity contribution in [2.75, 3.05) is 7.05 Å². The molecule has 18 heavy (non-hydrogen) atoms. The summed E-state index contributed by atoms with van der Waals surface area (Å²) < 4.78 is 0. The molecule has 0 saturated heterocycles. The molecule has 2 rings (SSSR count). The molecule has 0 aliphatic heterocycles. The van der Waals surface area contributed by atoms with Gasteiger partial charge in [0, 0.05) is 32.2 Å². The van der Waals surface area contributed by atoms with Gasteiger partial charge in [0.1, 0.15) is 5.75 Å². The molecule has 5 nitrogen and oxygen atoms in total. The van der Waals surface area contributed by atoms with E-state index in [9.17, 15) is 9.90 Å². The molecule has 0 radical (unpaired) electrons. The molecule has 2 heterocycles. The maximum Gasteiger partial charge on any atom is 0.255 e. The number of nitrogens with zero attached hydrogens (tertiary/aromatic N) is 3. The first kappa shape index (κ1) is 12.0. The number of rotatable bonds is 3. The Morgan fingerprint density at radius 3 is 2.67 bits per heavy atom. The fraction of sp³-hybridized carbons (Fsp3) is 0.154. The zero-order valence-electron chi connectivity index (χ0n) is 9.95. The molecule has 1 N–H and O–H groups in total. The second-order valence-electron chi connectivity index (χ2n) is 3.95. The van der Waals surface area contributed by atoms with E-state index in [1.165, 1.54) is 18.5 Å². The first-order valence-electron chi connectivity index (χ1n) is 5.45. The summed E-state index contributed by atoms with van der Waals surface area (Å²) in [5.74, 6) is -0.201. The molecule has 0 aliphatic rings. The molecule has 2 aromatic heterocycles. The van der Waals surface area contributed by atoms with Gasteiger partial charge in [0.25, 0.3) is 5.91 Å². The molecule has 0 atom stereocenters. The van der Waals surface area contributed by atoms with E-state index in [0.29, 0.717) is 12.1 Å². The Kier molecular flexibility index (Phi) is 3.52. The number of amides is 1. The molecular weight excluding hydrogens is 230 g/mol. The minimum Gasteiger partial charge on any atom is -0.506 e. The Morgan fingerprint density at radius 2 is 2.00 bits per heavy atom. The topological polar surface area (TPSA) is 66.3 Å². The highest BCUT2D eigenvalue weighted by Crippen LogP contribution is 2.11. The SMILES string of the molecule is CN(Cc1ccncc1)C(=O)c1cncc(O)c1. The van der Waals surface area contributed by atoms with Crippen LogP contribution in [0.3, 0.4) is 0 Å². The van der Waals surface area contributed by atoms with Crippen molar-refractivity contribution in [2.45, 2.75) is 6.54 Å². The van der Waals surface area contributed by atoms with E-state index in [1.54, 1.807) is 24.3 Å². The van der Waals surface area contributed by atoms with E-state index >= 15 is 0 Å². The summed E-state index contributed by atoms with van der Waals surface area (Å²) in [6, 6.07) is 5.10. The lowest BCUT2D eigenvalue weighted by atomic mass is 10.2. The van der Waals surface area contributed by atoms with Gasteiger partial charge in [-0.2, -0.15) is 0 Å². The summed E-state index contributed by atoms with van der Waals surface area (Å²) in [4.78, 5) is 21.3. The third kappa shape index (κ3) is 2.82. The van der Waals surface area contributed by atoms with Crippen LogP contribution in [0.2, 0.25) is 0 Å². The molecule has 2 aromatic rings. The Balaban J connectivity index is 2.10.